The van der Waals surface area contributed by atoms with Gasteiger partial charge in [0.25, 0.3) is 0 Å². The van der Waals surface area contributed by atoms with Gasteiger partial charge in [-0.1, -0.05) is 5.16 Å². The van der Waals surface area contributed by atoms with Crippen LogP contribution in [0, 0.1) is 0 Å². The first kappa shape index (κ1) is 15.8. The Morgan fingerprint density at radius 2 is 2.19 bits per heavy atom. The summed E-state index contributed by atoms with van der Waals surface area (Å²) in [7, 11) is 0. The Balaban J connectivity index is 1.75. The van der Waals surface area contributed by atoms with Gasteiger partial charge in [-0.05, 0) is 33.6 Å². The molecule has 118 valence electrons. The molecule has 0 aromatic carbocycles. The van der Waals surface area contributed by atoms with Crippen molar-refractivity contribution in [3.8, 4) is 0 Å². The third-order valence-electron chi connectivity index (χ3n) is 3.56. The summed E-state index contributed by atoms with van der Waals surface area (Å²) >= 11 is 0. The van der Waals surface area contributed by atoms with Crippen LogP contribution < -0.4 is 5.32 Å². The summed E-state index contributed by atoms with van der Waals surface area (Å²) in [6, 6.07) is 1.96. The Kier molecular flexibility index (Phi) is 5.22. The molecule has 6 heteroatoms. The molecule has 0 unspecified atom stereocenters. The standard InChI is InChI=1S/C15H25N3O3/c1-15(2,3)20-9-6-16-14-10-13(17-21-14)12-4-7-18(11-19)8-5-12/h10-12,16H,4-9H2,1-3H3. The largest absolute Gasteiger partial charge is 0.374 e. The molecule has 0 aliphatic carbocycles. The van der Waals surface area contributed by atoms with Crippen LogP contribution in [0.2, 0.25) is 0 Å². The molecule has 2 heterocycles. The van der Waals surface area contributed by atoms with Crippen molar-refractivity contribution < 1.29 is 14.1 Å². The van der Waals surface area contributed by atoms with Gasteiger partial charge in [0.1, 0.15) is 0 Å². The molecule has 1 aromatic heterocycles. The van der Waals surface area contributed by atoms with E-state index in [-0.39, 0.29) is 5.60 Å². The minimum absolute atomic E-state index is 0.124. The fourth-order valence-electron chi connectivity index (χ4n) is 2.40. The van der Waals surface area contributed by atoms with E-state index < -0.39 is 0 Å². The van der Waals surface area contributed by atoms with E-state index in [9.17, 15) is 4.79 Å². The summed E-state index contributed by atoms with van der Waals surface area (Å²) < 4.78 is 10.9. The van der Waals surface area contributed by atoms with E-state index in [2.05, 4.69) is 10.5 Å². The number of aromatic nitrogens is 1. The van der Waals surface area contributed by atoms with Gasteiger partial charge in [-0.15, -0.1) is 0 Å². The second-order valence-corrected chi connectivity index (χ2v) is 6.42. The van der Waals surface area contributed by atoms with Crippen molar-refractivity contribution in [2.45, 2.75) is 45.1 Å². The highest BCUT2D eigenvalue weighted by molar-refractivity contribution is 5.47. The fraction of sp³-hybridized carbons (Fsp3) is 0.733. The van der Waals surface area contributed by atoms with Crippen LogP contribution in [0.1, 0.15) is 45.2 Å². The van der Waals surface area contributed by atoms with Crippen LogP contribution in [0.4, 0.5) is 5.88 Å². The number of anilines is 1. The summed E-state index contributed by atoms with van der Waals surface area (Å²) in [6.45, 7) is 9.00. The predicted octanol–water partition coefficient (Wildman–Crippen LogP) is 2.24. The molecule has 2 rings (SSSR count). The molecule has 1 N–H and O–H groups in total. The van der Waals surface area contributed by atoms with E-state index in [1.165, 1.54) is 0 Å². The smallest absolute Gasteiger partial charge is 0.224 e. The molecule has 1 aliphatic rings. The number of amides is 1. The lowest BCUT2D eigenvalue weighted by molar-refractivity contribution is -0.119. The van der Waals surface area contributed by atoms with Gasteiger partial charge in [-0.25, -0.2) is 0 Å². The van der Waals surface area contributed by atoms with Crippen LogP contribution >= 0.6 is 0 Å². The first-order valence-electron chi connectivity index (χ1n) is 7.52. The summed E-state index contributed by atoms with van der Waals surface area (Å²) in [5, 5.41) is 7.31. The number of likely N-dealkylation sites (tertiary alicyclic amines) is 1. The highest BCUT2D eigenvalue weighted by atomic mass is 16.5. The Labute approximate surface area is 125 Å². The Bertz CT molecular complexity index is 445. The van der Waals surface area contributed by atoms with Crippen LogP contribution in [0.25, 0.3) is 0 Å². The molecule has 1 aromatic rings. The zero-order chi connectivity index (χ0) is 15.3. The molecular formula is C15H25N3O3. The van der Waals surface area contributed by atoms with Gasteiger partial charge in [0, 0.05) is 31.6 Å². The van der Waals surface area contributed by atoms with Crippen molar-refractivity contribution >= 4 is 12.3 Å². The Morgan fingerprint density at radius 1 is 1.48 bits per heavy atom. The zero-order valence-electron chi connectivity index (χ0n) is 13.1. The average Bonchev–Trinajstić information content (AvgIpc) is 2.91. The lowest BCUT2D eigenvalue weighted by atomic mass is 9.94. The third kappa shape index (κ3) is 5.04. The normalized spacial score (nSPS) is 17.0. The minimum atomic E-state index is -0.124. The van der Waals surface area contributed by atoms with E-state index in [4.69, 9.17) is 9.26 Å². The minimum Gasteiger partial charge on any atom is -0.374 e. The average molecular weight is 295 g/mol. The second kappa shape index (κ2) is 6.93. The van der Waals surface area contributed by atoms with Crippen molar-refractivity contribution in [1.82, 2.24) is 10.1 Å². The fourth-order valence-corrected chi connectivity index (χ4v) is 2.40. The summed E-state index contributed by atoms with van der Waals surface area (Å²) in [5.41, 5.74) is 0.848. The maximum atomic E-state index is 10.7. The molecule has 1 amide bonds. The van der Waals surface area contributed by atoms with Gasteiger partial charge < -0.3 is 19.5 Å². The molecule has 0 spiro atoms. The van der Waals surface area contributed by atoms with Gasteiger partial charge in [-0.2, -0.15) is 0 Å². The second-order valence-electron chi connectivity index (χ2n) is 6.42. The highest BCUT2D eigenvalue weighted by Gasteiger charge is 2.22. The monoisotopic (exact) mass is 295 g/mol. The van der Waals surface area contributed by atoms with E-state index >= 15 is 0 Å². The lowest BCUT2D eigenvalue weighted by Gasteiger charge is -2.27. The number of carbonyl (C=O) groups is 1. The van der Waals surface area contributed by atoms with E-state index in [0.29, 0.717) is 25.0 Å². The van der Waals surface area contributed by atoms with E-state index in [1.807, 2.05) is 26.8 Å². The number of carbonyl (C=O) groups excluding carboxylic acids is 1. The predicted molar refractivity (Wildman–Crippen MR) is 80.3 cm³/mol. The van der Waals surface area contributed by atoms with E-state index in [1.54, 1.807) is 4.90 Å². The molecule has 0 saturated carbocycles. The number of ether oxygens (including phenoxy) is 1. The number of rotatable bonds is 6. The quantitative estimate of drug-likeness (QED) is 0.644. The molecule has 0 radical (unpaired) electrons. The Hall–Kier alpha value is -1.56. The first-order chi connectivity index (χ1) is 9.98. The van der Waals surface area contributed by atoms with Crippen LogP contribution in [-0.4, -0.2) is 48.3 Å². The summed E-state index contributed by atoms with van der Waals surface area (Å²) in [6.07, 6.45) is 2.80. The maximum Gasteiger partial charge on any atom is 0.224 e. The van der Waals surface area contributed by atoms with Crippen molar-refractivity contribution in [3.63, 3.8) is 0 Å². The third-order valence-corrected chi connectivity index (χ3v) is 3.56. The lowest BCUT2D eigenvalue weighted by Crippen LogP contribution is -2.31. The number of hydrogen-bond acceptors (Lipinski definition) is 5. The van der Waals surface area contributed by atoms with Crippen molar-refractivity contribution in [1.29, 1.82) is 0 Å². The number of piperidine rings is 1. The number of nitrogens with one attached hydrogen (secondary N) is 1. The Morgan fingerprint density at radius 3 is 2.81 bits per heavy atom. The van der Waals surface area contributed by atoms with Crippen LogP contribution in [0.3, 0.4) is 0 Å². The maximum absolute atomic E-state index is 10.7. The summed E-state index contributed by atoms with van der Waals surface area (Å²) in [5.74, 6) is 1.06. The molecule has 1 aliphatic heterocycles. The molecule has 0 bridgehead atoms. The highest BCUT2D eigenvalue weighted by Crippen LogP contribution is 2.28. The van der Waals surface area contributed by atoms with Crippen LogP contribution in [0.5, 0.6) is 0 Å². The molecule has 1 saturated heterocycles. The number of nitrogens with zero attached hydrogens (tertiary/aromatic N) is 2. The molecular weight excluding hydrogens is 270 g/mol. The summed E-state index contributed by atoms with van der Waals surface area (Å²) in [4.78, 5) is 12.5. The van der Waals surface area contributed by atoms with Crippen molar-refractivity contribution in [2.24, 2.45) is 0 Å². The molecule has 21 heavy (non-hydrogen) atoms. The van der Waals surface area contributed by atoms with E-state index in [0.717, 1.165) is 38.0 Å². The van der Waals surface area contributed by atoms with Gasteiger partial charge in [0.2, 0.25) is 12.3 Å². The van der Waals surface area contributed by atoms with Gasteiger partial charge in [-0.3, -0.25) is 4.79 Å². The van der Waals surface area contributed by atoms with Gasteiger partial charge in [0.15, 0.2) is 0 Å². The van der Waals surface area contributed by atoms with Crippen LogP contribution in [-0.2, 0) is 9.53 Å². The molecule has 6 nitrogen and oxygen atoms in total. The van der Waals surface area contributed by atoms with Crippen LogP contribution in [0.15, 0.2) is 10.6 Å². The topological polar surface area (TPSA) is 67.6 Å². The SMILES string of the molecule is CC(C)(C)OCCNc1cc(C2CCN(C=O)CC2)no1. The molecule has 0 atom stereocenters. The zero-order valence-corrected chi connectivity index (χ0v) is 13.1. The molecule has 1 fully saturated rings. The van der Waals surface area contributed by atoms with Gasteiger partial charge >= 0.3 is 0 Å². The number of hydrogen-bond donors (Lipinski definition) is 1. The van der Waals surface area contributed by atoms with Crippen molar-refractivity contribution in [3.05, 3.63) is 11.8 Å². The van der Waals surface area contributed by atoms with Crippen molar-refractivity contribution in [2.75, 3.05) is 31.6 Å². The van der Waals surface area contributed by atoms with Gasteiger partial charge in [0.05, 0.1) is 17.9 Å². The first-order valence-corrected chi connectivity index (χ1v) is 7.52.